The molecule has 0 fully saturated rings. The van der Waals surface area contributed by atoms with Gasteiger partial charge in [-0.25, -0.2) is 4.39 Å². The van der Waals surface area contributed by atoms with Gasteiger partial charge in [0.05, 0.1) is 6.10 Å². The average molecular weight is 303 g/mol. The van der Waals surface area contributed by atoms with Crippen LogP contribution in [-0.4, -0.2) is 11.9 Å². The van der Waals surface area contributed by atoms with Crippen LogP contribution >= 0.6 is 15.9 Å². The third-order valence-electron chi connectivity index (χ3n) is 2.56. The van der Waals surface area contributed by atoms with Gasteiger partial charge in [-0.05, 0) is 17.9 Å². The van der Waals surface area contributed by atoms with Crippen LogP contribution in [0.25, 0.3) is 0 Å². The number of halogens is 2. The molecule has 3 heteroatoms. The minimum absolute atomic E-state index is 0.201. The van der Waals surface area contributed by atoms with E-state index in [4.69, 9.17) is 4.74 Å². The lowest BCUT2D eigenvalue weighted by atomic mass is 9.93. The fourth-order valence-electron chi connectivity index (χ4n) is 1.46. The molecular weight excluding hydrogens is 283 g/mol. The number of rotatable bonds is 5. The van der Waals surface area contributed by atoms with Crippen LogP contribution in [0.3, 0.4) is 0 Å². The maximum atomic E-state index is 13.6. The van der Waals surface area contributed by atoms with Crippen LogP contribution in [0.15, 0.2) is 24.3 Å². The third kappa shape index (κ3) is 5.17. The van der Waals surface area contributed by atoms with Crippen LogP contribution < -0.4 is 0 Å². The van der Waals surface area contributed by atoms with Gasteiger partial charge < -0.3 is 4.74 Å². The number of benzene rings is 1. The number of hydrogen-bond donors (Lipinski definition) is 0. The molecule has 17 heavy (non-hydrogen) atoms. The second-order valence-corrected chi connectivity index (χ2v) is 5.99. The van der Waals surface area contributed by atoms with Gasteiger partial charge in [0.25, 0.3) is 0 Å². The van der Waals surface area contributed by atoms with Crippen molar-refractivity contribution in [1.29, 1.82) is 0 Å². The fourth-order valence-corrected chi connectivity index (χ4v) is 2.00. The molecule has 0 N–H and O–H groups in total. The molecule has 0 saturated heterocycles. The molecule has 0 spiro atoms. The molecule has 1 unspecified atom stereocenters. The Morgan fingerprint density at radius 3 is 2.47 bits per heavy atom. The lowest BCUT2D eigenvalue weighted by Gasteiger charge is -2.21. The van der Waals surface area contributed by atoms with Crippen LogP contribution in [0.5, 0.6) is 0 Å². The predicted molar refractivity (Wildman–Crippen MR) is 73.0 cm³/mol. The molecule has 1 atom stereocenters. The molecule has 1 aromatic rings. The molecular formula is C14H20BrFO. The quantitative estimate of drug-likeness (QED) is 0.716. The van der Waals surface area contributed by atoms with Crippen LogP contribution in [0.1, 0.15) is 38.9 Å². The molecule has 1 aromatic carbocycles. The van der Waals surface area contributed by atoms with Crippen molar-refractivity contribution < 1.29 is 9.13 Å². The second kappa shape index (κ2) is 6.50. The Hall–Kier alpha value is -0.410. The van der Waals surface area contributed by atoms with E-state index in [9.17, 15) is 4.39 Å². The summed E-state index contributed by atoms with van der Waals surface area (Å²) in [5.41, 5.74) is 0.866. The van der Waals surface area contributed by atoms with Crippen molar-refractivity contribution in [2.75, 3.05) is 11.9 Å². The first kappa shape index (κ1) is 14.7. The van der Waals surface area contributed by atoms with E-state index >= 15 is 0 Å². The van der Waals surface area contributed by atoms with Crippen molar-refractivity contribution in [3.8, 4) is 0 Å². The average Bonchev–Trinajstić information content (AvgIpc) is 2.24. The Labute approximate surface area is 111 Å². The SMILES string of the molecule is CC(C)(C)CCOC(CBr)c1ccccc1F. The first-order chi connectivity index (χ1) is 7.94. The smallest absolute Gasteiger partial charge is 0.129 e. The highest BCUT2D eigenvalue weighted by molar-refractivity contribution is 9.09. The van der Waals surface area contributed by atoms with E-state index in [1.807, 2.05) is 6.07 Å². The molecule has 0 heterocycles. The number of alkyl halides is 1. The predicted octanol–water partition coefficient (Wildman–Crippen LogP) is 4.71. The van der Waals surface area contributed by atoms with Gasteiger partial charge in [0.15, 0.2) is 0 Å². The Kier molecular flexibility index (Phi) is 5.60. The Morgan fingerprint density at radius 2 is 1.94 bits per heavy atom. The second-order valence-electron chi connectivity index (χ2n) is 5.35. The van der Waals surface area contributed by atoms with Gasteiger partial charge in [-0.3, -0.25) is 0 Å². The largest absolute Gasteiger partial charge is 0.373 e. The molecule has 0 aliphatic heterocycles. The van der Waals surface area contributed by atoms with Crippen LogP contribution in [0, 0.1) is 11.2 Å². The summed E-state index contributed by atoms with van der Waals surface area (Å²) < 4.78 is 19.3. The highest BCUT2D eigenvalue weighted by Gasteiger charge is 2.16. The fraction of sp³-hybridized carbons (Fsp3) is 0.571. The zero-order chi connectivity index (χ0) is 12.9. The monoisotopic (exact) mass is 302 g/mol. The topological polar surface area (TPSA) is 9.23 Å². The van der Waals surface area contributed by atoms with Crippen molar-refractivity contribution in [2.45, 2.75) is 33.3 Å². The normalized spacial score (nSPS) is 13.7. The first-order valence-electron chi connectivity index (χ1n) is 5.86. The van der Waals surface area contributed by atoms with Crippen LogP contribution in [0.2, 0.25) is 0 Å². The van der Waals surface area contributed by atoms with Crippen LogP contribution in [0.4, 0.5) is 4.39 Å². The summed E-state index contributed by atoms with van der Waals surface area (Å²) >= 11 is 3.38. The van der Waals surface area contributed by atoms with Gasteiger partial charge in [-0.1, -0.05) is 54.9 Å². The molecule has 1 nitrogen and oxygen atoms in total. The number of ether oxygens (including phenoxy) is 1. The zero-order valence-electron chi connectivity index (χ0n) is 10.7. The maximum Gasteiger partial charge on any atom is 0.129 e. The van der Waals surface area contributed by atoms with Gasteiger partial charge in [-0.15, -0.1) is 0 Å². The summed E-state index contributed by atoms with van der Waals surface area (Å²) in [5.74, 6) is -0.201. The van der Waals surface area contributed by atoms with E-state index in [0.29, 0.717) is 17.5 Å². The van der Waals surface area contributed by atoms with E-state index < -0.39 is 0 Å². The maximum absolute atomic E-state index is 13.6. The Morgan fingerprint density at radius 1 is 1.29 bits per heavy atom. The van der Waals surface area contributed by atoms with Crippen molar-refractivity contribution in [3.63, 3.8) is 0 Å². The third-order valence-corrected chi connectivity index (χ3v) is 3.15. The molecule has 0 saturated carbocycles. The van der Waals surface area contributed by atoms with E-state index in [1.54, 1.807) is 12.1 Å². The van der Waals surface area contributed by atoms with Gasteiger partial charge in [0.1, 0.15) is 5.82 Å². The zero-order valence-corrected chi connectivity index (χ0v) is 12.3. The molecule has 0 aliphatic carbocycles. The van der Waals surface area contributed by atoms with Crippen molar-refractivity contribution >= 4 is 15.9 Å². The highest BCUT2D eigenvalue weighted by atomic mass is 79.9. The minimum Gasteiger partial charge on any atom is -0.373 e. The summed E-state index contributed by atoms with van der Waals surface area (Å²) in [5, 5.41) is 0.609. The summed E-state index contributed by atoms with van der Waals surface area (Å²) in [7, 11) is 0. The van der Waals surface area contributed by atoms with Gasteiger partial charge in [0, 0.05) is 17.5 Å². The molecule has 0 bridgehead atoms. The molecule has 1 rings (SSSR count). The first-order valence-corrected chi connectivity index (χ1v) is 6.98. The Balaban J connectivity index is 2.58. The van der Waals surface area contributed by atoms with Gasteiger partial charge in [0.2, 0.25) is 0 Å². The van der Waals surface area contributed by atoms with Crippen molar-refractivity contribution in [3.05, 3.63) is 35.6 Å². The van der Waals surface area contributed by atoms with E-state index in [-0.39, 0.29) is 17.3 Å². The molecule has 0 aromatic heterocycles. The van der Waals surface area contributed by atoms with Crippen molar-refractivity contribution in [2.24, 2.45) is 5.41 Å². The summed E-state index contributed by atoms with van der Waals surface area (Å²) in [6.45, 7) is 7.15. The number of hydrogen-bond acceptors (Lipinski definition) is 1. The summed E-state index contributed by atoms with van der Waals surface area (Å²) in [6.07, 6.45) is 0.754. The van der Waals surface area contributed by atoms with Gasteiger partial charge >= 0.3 is 0 Å². The standard InChI is InChI=1S/C14H20BrFO/c1-14(2,3)8-9-17-13(10-15)11-6-4-5-7-12(11)16/h4-7,13H,8-10H2,1-3H3. The van der Waals surface area contributed by atoms with E-state index in [0.717, 1.165) is 6.42 Å². The van der Waals surface area contributed by atoms with E-state index in [1.165, 1.54) is 6.07 Å². The lowest BCUT2D eigenvalue weighted by molar-refractivity contribution is 0.0500. The lowest BCUT2D eigenvalue weighted by Crippen LogP contribution is -2.14. The Bertz CT molecular complexity index is 346. The summed E-state index contributed by atoms with van der Waals surface area (Å²) in [6, 6.07) is 6.77. The molecule has 0 amide bonds. The van der Waals surface area contributed by atoms with Gasteiger partial charge in [-0.2, -0.15) is 0 Å². The van der Waals surface area contributed by atoms with E-state index in [2.05, 4.69) is 36.7 Å². The minimum atomic E-state index is -0.210. The molecule has 0 radical (unpaired) electrons. The van der Waals surface area contributed by atoms with Crippen LogP contribution in [-0.2, 0) is 4.74 Å². The summed E-state index contributed by atoms with van der Waals surface area (Å²) in [4.78, 5) is 0. The molecule has 0 aliphatic rings. The van der Waals surface area contributed by atoms with Crippen molar-refractivity contribution in [1.82, 2.24) is 0 Å². The highest BCUT2D eigenvalue weighted by Crippen LogP contribution is 2.25. The molecule has 96 valence electrons.